The maximum Gasteiger partial charge on any atom is -0.0303 e. The SMILES string of the molecule is Br.Br.CCCC(CC(C)(CC)CC)C(C)(CC)CC. The summed E-state index contributed by atoms with van der Waals surface area (Å²) in [5.41, 5.74) is 1.12. The van der Waals surface area contributed by atoms with Gasteiger partial charge < -0.3 is 0 Å². The van der Waals surface area contributed by atoms with E-state index < -0.39 is 0 Å². The summed E-state index contributed by atoms with van der Waals surface area (Å²) < 4.78 is 0. The van der Waals surface area contributed by atoms with E-state index in [4.69, 9.17) is 0 Å². The van der Waals surface area contributed by atoms with Crippen LogP contribution in [0.15, 0.2) is 0 Å². The van der Waals surface area contributed by atoms with Gasteiger partial charge >= 0.3 is 0 Å². The van der Waals surface area contributed by atoms with Crippen LogP contribution in [0.4, 0.5) is 0 Å². The molecule has 0 fully saturated rings. The first-order chi connectivity index (χ1) is 7.91. The van der Waals surface area contributed by atoms with E-state index in [2.05, 4.69) is 48.5 Å². The molecule has 0 aromatic carbocycles. The highest BCUT2D eigenvalue weighted by molar-refractivity contribution is 8.93. The fraction of sp³-hybridized carbons (Fsp3) is 1.00. The Balaban J connectivity index is -0.00000128. The first-order valence-electron chi connectivity index (χ1n) is 7.91. The number of hydrogen-bond donors (Lipinski definition) is 0. The molecule has 0 heterocycles. The Morgan fingerprint density at radius 2 is 1.16 bits per heavy atom. The van der Waals surface area contributed by atoms with Crippen molar-refractivity contribution in [1.29, 1.82) is 0 Å². The Morgan fingerprint density at radius 3 is 1.42 bits per heavy atom. The molecule has 19 heavy (non-hydrogen) atoms. The van der Waals surface area contributed by atoms with Crippen molar-refractivity contribution < 1.29 is 0 Å². The second kappa shape index (κ2) is 11.6. The monoisotopic (exact) mass is 400 g/mol. The van der Waals surface area contributed by atoms with Gasteiger partial charge in [-0.05, 0) is 23.2 Å². The van der Waals surface area contributed by atoms with Gasteiger partial charge in [-0.1, -0.05) is 87.0 Å². The minimum atomic E-state index is 0. The maximum absolute atomic E-state index is 2.51. The average Bonchev–Trinajstić information content (AvgIpc) is 2.37. The summed E-state index contributed by atoms with van der Waals surface area (Å²) >= 11 is 0. The average molecular weight is 402 g/mol. The lowest BCUT2D eigenvalue weighted by Crippen LogP contribution is -2.31. The van der Waals surface area contributed by atoms with E-state index in [0.717, 1.165) is 5.92 Å². The minimum absolute atomic E-state index is 0. The molecule has 0 aliphatic rings. The molecule has 0 aliphatic carbocycles. The van der Waals surface area contributed by atoms with Gasteiger partial charge in [0.2, 0.25) is 0 Å². The summed E-state index contributed by atoms with van der Waals surface area (Å²) in [5.74, 6) is 0.910. The molecule has 0 amide bonds. The molecule has 0 saturated carbocycles. The van der Waals surface area contributed by atoms with Crippen LogP contribution in [0.5, 0.6) is 0 Å². The van der Waals surface area contributed by atoms with Crippen LogP contribution in [-0.4, -0.2) is 0 Å². The third-order valence-corrected chi connectivity index (χ3v) is 5.68. The predicted octanol–water partition coefficient (Wildman–Crippen LogP) is 7.60. The third kappa shape index (κ3) is 7.50. The molecule has 0 rings (SSSR count). The molecule has 0 saturated heterocycles. The van der Waals surface area contributed by atoms with Crippen LogP contribution < -0.4 is 0 Å². The van der Waals surface area contributed by atoms with Crippen LogP contribution in [0.2, 0.25) is 0 Å². The van der Waals surface area contributed by atoms with Gasteiger partial charge in [0.15, 0.2) is 0 Å². The lowest BCUT2D eigenvalue weighted by atomic mass is 9.64. The number of hydrogen-bond acceptors (Lipinski definition) is 0. The van der Waals surface area contributed by atoms with Crippen molar-refractivity contribution in [2.24, 2.45) is 16.7 Å². The molecule has 0 nitrogen and oxygen atoms in total. The molecule has 120 valence electrons. The van der Waals surface area contributed by atoms with Gasteiger partial charge in [-0.25, -0.2) is 0 Å². The summed E-state index contributed by atoms with van der Waals surface area (Å²) in [7, 11) is 0. The Morgan fingerprint density at radius 1 is 0.737 bits per heavy atom. The molecule has 0 bridgehead atoms. The van der Waals surface area contributed by atoms with Gasteiger partial charge in [0.25, 0.3) is 0 Å². The zero-order valence-electron chi connectivity index (χ0n) is 14.3. The molecule has 0 aromatic heterocycles. The molecule has 0 aliphatic heterocycles. The quantitative estimate of drug-likeness (QED) is 0.373. The van der Waals surface area contributed by atoms with Gasteiger partial charge in [-0.2, -0.15) is 0 Å². The van der Waals surface area contributed by atoms with E-state index in [1.165, 1.54) is 44.9 Å². The normalized spacial score (nSPS) is 13.4. The molecular formula is C17H38Br2. The summed E-state index contributed by atoms with van der Waals surface area (Å²) in [6.07, 6.45) is 9.49. The van der Waals surface area contributed by atoms with Crippen LogP contribution in [-0.2, 0) is 0 Å². The smallest absolute Gasteiger partial charge is 0.0303 e. The van der Waals surface area contributed by atoms with Crippen molar-refractivity contribution in [3.05, 3.63) is 0 Å². The zero-order valence-corrected chi connectivity index (χ0v) is 17.8. The molecule has 0 aromatic rings. The maximum atomic E-state index is 2.51. The highest BCUT2D eigenvalue weighted by Gasteiger charge is 2.34. The number of halogens is 2. The Labute approximate surface area is 144 Å². The second-order valence-corrected chi connectivity index (χ2v) is 6.57. The van der Waals surface area contributed by atoms with Gasteiger partial charge in [-0.15, -0.1) is 34.0 Å². The summed E-state index contributed by atoms with van der Waals surface area (Å²) in [5, 5.41) is 0. The second-order valence-electron chi connectivity index (χ2n) is 6.57. The van der Waals surface area contributed by atoms with Crippen molar-refractivity contribution in [2.45, 2.75) is 93.4 Å². The van der Waals surface area contributed by atoms with E-state index in [1.807, 2.05) is 0 Å². The molecule has 1 atom stereocenters. The van der Waals surface area contributed by atoms with Crippen LogP contribution >= 0.6 is 34.0 Å². The van der Waals surface area contributed by atoms with Crippen molar-refractivity contribution in [2.75, 3.05) is 0 Å². The fourth-order valence-electron chi connectivity index (χ4n) is 3.01. The summed E-state index contributed by atoms with van der Waals surface area (Å²) in [6.45, 7) is 16.8. The standard InChI is InChI=1S/C17H36.2BrH/c1-8-13-15(17(7,11-4)12-5)14-16(6,9-2)10-3;;/h15H,8-14H2,1-7H3;2*1H. The van der Waals surface area contributed by atoms with E-state index in [0.29, 0.717) is 10.8 Å². The Hall–Kier alpha value is 0.960. The van der Waals surface area contributed by atoms with E-state index >= 15 is 0 Å². The van der Waals surface area contributed by atoms with E-state index in [1.54, 1.807) is 0 Å². The van der Waals surface area contributed by atoms with Gasteiger partial charge in [0.05, 0.1) is 0 Å². The molecule has 0 radical (unpaired) electrons. The predicted molar refractivity (Wildman–Crippen MR) is 101 cm³/mol. The molecule has 0 spiro atoms. The van der Waals surface area contributed by atoms with E-state index in [-0.39, 0.29) is 34.0 Å². The fourth-order valence-corrected chi connectivity index (χ4v) is 3.01. The highest BCUT2D eigenvalue weighted by Crippen LogP contribution is 2.45. The molecule has 0 N–H and O–H groups in total. The van der Waals surface area contributed by atoms with E-state index in [9.17, 15) is 0 Å². The number of rotatable bonds is 9. The van der Waals surface area contributed by atoms with Crippen LogP contribution in [0, 0.1) is 16.7 Å². The highest BCUT2D eigenvalue weighted by atomic mass is 79.9. The van der Waals surface area contributed by atoms with Crippen LogP contribution in [0.3, 0.4) is 0 Å². The molecule has 1 unspecified atom stereocenters. The van der Waals surface area contributed by atoms with Gasteiger partial charge in [0, 0.05) is 0 Å². The minimum Gasteiger partial charge on any atom is -0.114 e. The van der Waals surface area contributed by atoms with Crippen molar-refractivity contribution in [1.82, 2.24) is 0 Å². The van der Waals surface area contributed by atoms with Crippen molar-refractivity contribution >= 4 is 34.0 Å². The first kappa shape index (κ1) is 24.9. The molecule has 2 heteroatoms. The van der Waals surface area contributed by atoms with Crippen LogP contribution in [0.25, 0.3) is 0 Å². The van der Waals surface area contributed by atoms with Gasteiger partial charge in [0.1, 0.15) is 0 Å². The third-order valence-electron chi connectivity index (χ3n) is 5.68. The van der Waals surface area contributed by atoms with Crippen LogP contribution in [0.1, 0.15) is 93.4 Å². The largest absolute Gasteiger partial charge is 0.114 e. The summed E-state index contributed by atoms with van der Waals surface area (Å²) in [6, 6.07) is 0. The van der Waals surface area contributed by atoms with Crippen molar-refractivity contribution in [3.8, 4) is 0 Å². The lowest BCUT2D eigenvalue weighted by molar-refractivity contribution is 0.0901. The Kier molecular flexibility index (Phi) is 15.2. The van der Waals surface area contributed by atoms with Gasteiger partial charge in [-0.3, -0.25) is 0 Å². The summed E-state index contributed by atoms with van der Waals surface area (Å²) in [4.78, 5) is 0. The first-order valence-corrected chi connectivity index (χ1v) is 7.91. The molecular weight excluding hydrogens is 364 g/mol. The zero-order chi connectivity index (χ0) is 13.5. The lowest BCUT2D eigenvalue weighted by Gasteiger charge is -2.42. The topological polar surface area (TPSA) is 0 Å². The Bertz CT molecular complexity index is 193. The van der Waals surface area contributed by atoms with Crippen molar-refractivity contribution in [3.63, 3.8) is 0 Å².